The summed E-state index contributed by atoms with van der Waals surface area (Å²) in [5.74, 6) is 1.62. The van der Waals surface area contributed by atoms with Gasteiger partial charge < -0.3 is 9.15 Å². The summed E-state index contributed by atoms with van der Waals surface area (Å²) >= 11 is 1.52. The first-order valence-corrected chi connectivity index (χ1v) is 11.8. The van der Waals surface area contributed by atoms with Gasteiger partial charge >= 0.3 is 0 Å². The molecule has 0 saturated carbocycles. The highest BCUT2D eigenvalue weighted by molar-refractivity contribution is 7.22. The van der Waals surface area contributed by atoms with Crippen LogP contribution in [0.25, 0.3) is 10.2 Å². The quantitative estimate of drug-likeness (QED) is 0.258. The number of furan rings is 1. The van der Waals surface area contributed by atoms with Gasteiger partial charge in [-0.2, -0.15) is 0 Å². The average molecular weight is 449 g/mol. The molecule has 1 amide bonds. The number of rotatable bonds is 9. The number of para-hydroxylation sites is 1. The van der Waals surface area contributed by atoms with Gasteiger partial charge in [0.05, 0.1) is 29.6 Å². The molecule has 166 valence electrons. The van der Waals surface area contributed by atoms with Crippen LogP contribution in [0.15, 0.2) is 65.3 Å². The molecule has 0 saturated heterocycles. The van der Waals surface area contributed by atoms with Gasteiger partial charge in [-0.15, -0.1) is 0 Å². The molecule has 0 unspecified atom stereocenters. The number of hydrogen-bond donors (Lipinski definition) is 0. The van der Waals surface area contributed by atoms with E-state index in [0.29, 0.717) is 41.3 Å². The first-order valence-electron chi connectivity index (χ1n) is 11.0. The number of fused-ring (bicyclic) bond motifs is 1. The second-order valence-electron chi connectivity index (χ2n) is 8.05. The van der Waals surface area contributed by atoms with E-state index in [1.54, 1.807) is 17.2 Å². The third-order valence-electron chi connectivity index (χ3n) is 5.28. The zero-order valence-corrected chi connectivity index (χ0v) is 19.5. The molecule has 0 fully saturated rings. The van der Waals surface area contributed by atoms with Gasteiger partial charge in [-0.25, -0.2) is 4.98 Å². The maximum atomic E-state index is 13.6. The SMILES string of the molecule is CCCCOc1cccc(C(=O)N(Cc2ccco2)c2nc3c(C(C)C)cccc3s2)c1. The molecular weight excluding hydrogens is 420 g/mol. The molecule has 0 N–H and O–H groups in total. The van der Waals surface area contributed by atoms with E-state index in [0.717, 1.165) is 23.1 Å². The van der Waals surface area contributed by atoms with Crippen molar-refractivity contribution in [3.8, 4) is 5.75 Å². The van der Waals surface area contributed by atoms with E-state index >= 15 is 0 Å². The van der Waals surface area contributed by atoms with Crippen LogP contribution in [-0.4, -0.2) is 17.5 Å². The molecule has 2 heterocycles. The van der Waals surface area contributed by atoms with Crippen molar-refractivity contribution in [1.29, 1.82) is 0 Å². The zero-order chi connectivity index (χ0) is 22.5. The summed E-state index contributed by atoms with van der Waals surface area (Å²) in [7, 11) is 0. The molecule has 2 aromatic heterocycles. The molecule has 4 rings (SSSR count). The van der Waals surface area contributed by atoms with Crippen LogP contribution in [0.5, 0.6) is 5.75 Å². The fraction of sp³-hybridized carbons (Fsp3) is 0.308. The van der Waals surface area contributed by atoms with Crippen molar-refractivity contribution < 1.29 is 13.9 Å². The van der Waals surface area contributed by atoms with Crippen LogP contribution in [0, 0.1) is 0 Å². The van der Waals surface area contributed by atoms with Crippen LogP contribution in [-0.2, 0) is 6.54 Å². The van der Waals surface area contributed by atoms with E-state index in [9.17, 15) is 4.79 Å². The van der Waals surface area contributed by atoms with E-state index in [1.165, 1.54) is 16.9 Å². The number of anilines is 1. The Labute approximate surface area is 192 Å². The number of carbonyl (C=O) groups excluding carboxylic acids is 1. The molecular formula is C26H28N2O3S. The number of benzene rings is 2. The van der Waals surface area contributed by atoms with Gasteiger partial charge in [0.25, 0.3) is 5.91 Å². The third kappa shape index (κ3) is 4.86. The molecule has 0 aliphatic rings. The number of amides is 1. The maximum Gasteiger partial charge on any atom is 0.260 e. The normalized spacial score (nSPS) is 11.2. The first kappa shape index (κ1) is 22.1. The Kier molecular flexibility index (Phi) is 6.90. The van der Waals surface area contributed by atoms with Gasteiger partial charge in [0.1, 0.15) is 11.5 Å². The second kappa shape index (κ2) is 10.0. The molecule has 0 radical (unpaired) electrons. The highest BCUT2D eigenvalue weighted by atomic mass is 32.1. The van der Waals surface area contributed by atoms with Gasteiger partial charge in [-0.05, 0) is 54.3 Å². The molecule has 0 aliphatic carbocycles. The number of carbonyl (C=O) groups is 1. The van der Waals surface area contributed by atoms with Crippen LogP contribution >= 0.6 is 11.3 Å². The predicted octanol–water partition coefficient (Wildman–Crippen LogP) is 7.04. The van der Waals surface area contributed by atoms with Crippen molar-refractivity contribution in [2.24, 2.45) is 0 Å². The summed E-state index contributed by atoms with van der Waals surface area (Å²) in [6.45, 7) is 7.38. The highest BCUT2D eigenvalue weighted by Gasteiger charge is 2.24. The lowest BCUT2D eigenvalue weighted by Crippen LogP contribution is -2.30. The highest BCUT2D eigenvalue weighted by Crippen LogP contribution is 2.35. The predicted molar refractivity (Wildman–Crippen MR) is 130 cm³/mol. The van der Waals surface area contributed by atoms with Crippen molar-refractivity contribution in [3.63, 3.8) is 0 Å². The topological polar surface area (TPSA) is 55.6 Å². The average Bonchev–Trinajstić information content (AvgIpc) is 3.46. The smallest absolute Gasteiger partial charge is 0.260 e. The van der Waals surface area contributed by atoms with E-state index in [4.69, 9.17) is 14.1 Å². The molecule has 2 aromatic carbocycles. The lowest BCUT2D eigenvalue weighted by atomic mass is 10.0. The Bertz CT molecular complexity index is 1180. The number of ether oxygens (including phenoxy) is 1. The summed E-state index contributed by atoms with van der Waals surface area (Å²) in [6.07, 6.45) is 3.66. The molecule has 4 aromatic rings. The van der Waals surface area contributed by atoms with Gasteiger partial charge in [-0.1, -0.05) is 56.7 Å². The number of unbranched alkanes of at least 4 members (excludes halogenated alkanes) is 1. The number of thiazole rings is 1. The summed E-state index contributed by atoms with van der Waals surface area (Å²) in [5, 5.41) is 0.659. The van der Waals surface area contributed by atoms with E-state index in [-0.39, 0.29) is 5.91 Å². The van der Waals surface area contributed by atoms with E-state index < -0.39 is 0 Å². The first-order chi connectivity index (χ1) is 15.6. The molecule has 0 atom stereocenters. The Morgan fingerprint density at radius 1 is 1.16 bits per heavy atom. The molecule has 6 heteroatoms. The number of aromatic nitrogens is 1. The van der Waals surface area contributed by atoms with Crippen molar-refractivity contribution in [3.05, 3.63) is 77.7 Å². The summed E-state index contributed by atoms with van der Waals surface area (Å²) in [5.41, 5.74) is 2.70. The minimum atomic E-state index is -0.132. The number of nitrogens with zero attached hydrogens (tertiary/aromatic N) is 2. The minimum absolute atomic E-state index is 0.132. The van der Waals surface area contributed by atoms with Gasteiger partial charge in [0, 0.05) is 5.56 Å². The van der Waals surface area contributed by atoms with Crippen molar-refractivity contribution in [1.82, 2.24) is 4.98 Å². The molecule has 32 heavy (non-hydrogen) atoms. The van der Waals surface area contributed by atoms with E-state index in [1.807, 2.05) is 30.3 Å². The van der Waals surface area contributed by atoms with Crippen LogP contribution in [0.1, 0.15) is 61.2 Å². The molecule has 5 nitrogen and oxygen atoms in total. The van der Waals surface area contributed by atoms with Crippen molar-refractivity contribution in [2.75, 3.05) is 11.5 Å². The van der Waals surface area contributed by atoms with Crippen molar-refractivity contribution in [2.45, 2.75) is 46.1 Å². The standard InChI is InChI=1S/C26H28N2O3S/c1-4-5-14-30-20-10-6-9-19(16-20)25(29)28(17-21-11-8-15-31-21)26-27-24-22(18(2)3)12-7-13-23(24)32-26/h6-13,15-16,18H,4-5,14,17H2,1-3H3. The summed E-state index contributed by atoms with van der Waals surface area (Å²) in [6, 6.07) is 17.3. The van der Waals surface area contributed by atoms with Gasteiger partial charge in [-0.3, -0.25) is 9.69 Å². The van der Waals surface area contributed by atoms with Crippen LogP contribution < -0.4 is 9.64 Å². The van der Waals surface area contributed by atoms with Crippen LogP contribution in [0.4, 0.5) is 5.13 Å². The third-order valence-corrected chi connectivity index (χ3v) is 6.32. The fourth-order valence-electron chi connectivity index (χ4n) is 3.53. The Morgan fingerprint density at radius 2 is 2.00 bits per heavy atom. The molecule has 0 aliphatic heterocycles. The Balaban J connectivity index is 1.70. The number of hydrogen-bond acceptors (Lipinski definition) is 5. The lowest BCUT2D eigenvalue weighted by molar-refractivity contribution is 0.0982. The monoisotopic (exact) mass is 448 g/mol. The summed E-state index contributed by atoms with van der Waals surface area (Å²) < 4.78 is 12.4. The molecule has 0 bridgehead atoms. The van der Waals surface area contributed by atoms with Gasteiger partial charge in [0.15, 0.2) is 5.13 Å². The minimum Gasteiger partial charge on any atom is -0.494 e. The maximum absolute atomic E-state index is 13.6. The Morgan fingerprint density at radius 3 is 2.75 bits per heavy atom. The van der Waals surface area contributed by atoms with Gasteiger partial charge in [0.2, 0.25) is 0 Å². The van der Waals surface area contributed by atoms with Crippen LogP contribution in [0.3, 0.4) is 0 Å². The summed E-state index contributed by atoms with van der Waals surface area (Å²) in [4.78, 5) is 20.2. The lowest BCUT2D eigenvalue weighted by Gasteiger charge is -2.19. The van der Waals surface area contributed by atoms with E-state index in [2.05, 4.69) is 39.0 Å². The largest absolute Gasteiger partial charge is 0.494 e. The molecule has 0 spiro atoms. The van der Waals surface area contributed by atoms with Crippen molar-refractivity contribution >= 4 is 32.6 Å². The Hall–Kier alpha value is -3.12. The van der Waals surface area contributed by atoms with Crippen LogP contribution in [0.2, 0.25) is 0 Å². The fourth-order valence-corrected chi connectivity index (χ4v) is 4.53. The second-order valence-corrected chi connectivity index (χ2v) is 9.05. The zero-order valence-electron chi connectivity index (χ0n) is 18.7.